The highest BCUT2D eigenvalue weighted by atomic mass is 19.4. The van der Waals surface area contributed by atoms with Crippen LogP contribution >= 0.6 is 0 Å². The second kappa shape index (κ2) is 6.57. The number of halogens is 3. The van der Waals surface area contributed by atoms with Crippen molar-refractivity contribution in [2.45, 2.75) is 6.18 Å². The van der Waals surface area contributed by atoms with Crippen molar-refractivity contribution in [3.05, 3.63) is 63.7 Å². The van der Waals surface area contributed by atoms with Crippen molar-refractivity contribution in [1.29, 1.82) is 0 Å². The molecule has 0 heterocycles. The number of esters is 1. The van der Waals surface area contributed by atoms with Crippen LogP contribution in [-0.4, -0.2) is 18.0 Å². The number of nitrogens with zero attached hydrogens (tertiary/aromatic N) is 1. The van der Waals surface area contributed by atoms with Crippen LogP contribution in [0.5, 0.6) is 0 Å². The van der Waals surface area contributed by atoms with Gasteiger partial charge in [-0.05, 0) is 30.3 Å². The largest absolute Gasteiger partial charge is 0.465 e. The Morgan fingerprint density at radius 2 is 1.92 bits per heavy atom. The molecule has 24 heavy (non-hydrogen) atoms. The number of benzene rings is 2. The van der Waals surface area contributed by atoms with Gasteiger partial charge in [0, 0.05) is 11.8 Å². The summed E-state index contributed by atoms with van der Waals surface area (Å²) in [6, 6.07) is 7.59. The van der Waals surface area contributed by atoms with Crippen molar-refractivity contribution in [1.82, 2.24) is 0 Å². The third kappa shape index (κ3) is 3.80. The molecule has 0 saturated heterocycles. The number of ether oxygens (including phenoxy) is 1. The number of hydrogen-bond acceptors (Lipinski definition) is 5. The summed E-state index contributed by atoms with van der Waals surface area (Å²) >= 11 is 0. The average molecular weight is 340 g/mol. The first kappa shape index (κ1) is 17.3. The van der Waals surface area contributed by atoms with Gasteiger partial charge in [0.15, 0.2) is 0 Å². The number of carbonyl (C=O) groups excluding carboxylic acids is 1. The van der Waals surface area contributed by atoms with Gasteiger partial charge in [0.2, 0.25) is 0 Å². The maximum atomic E-state index is 12.7. The Labute approximate surface area is 134 Å². The Bertz CT molecular complexity index is 791. The van der Waals surface area contributed by atoms with Gasteiger partial charge in [-0.3, -0.25) is 10.1 Å². The highest BCUT2D eigenvalue weighted by Gasteiger charge is 2.30. The number of nitrogens with one attached hydrogen (secondary N) is 1. The third-order valence-corrected chi connectivity index (χ3v) is 3.08. The molecule has 0 unspecified atom stereocenters. The molecular weight excluding hydrogens is 329 g/mol. The summed E-state index contributed by atoms with van der Waals surface area (Å²) in [7, 11) is 1.14. The molecule has 0 bridgehead atoms. The molecule has 6 nitrogen and oxygen atoms in total. The highest BCUT2D eigenvalue weighted by molar-refractivity contribution is 5.92. The molecule has 0 spiro atoms. The summed E-state index contributed by atoms with van der Waals surface area (Å²) in [5.41, 5.74) is -1.39. The molecule has 1 N–H and O–H groups in total. The average Bonchev–Trinajstić information content (AvgIpc) is 2.53. The van der Waals surface area contributed by atoms with Crippen molar-refractivity contribution >= 4 is 23.0 Å². The first-order chi connectivity index (χ1) is 11.2. The maximum Gasteiger partial charge on any atom is 0.416 e. The zero-order valence-electron chi connectivity index (χ0n) is 12.3. The zero-order chi connectivity index (χ0) is 17.9. The molecule has 0 amide bonds. The molecule has 0 fully saturated rings. The minimum absolute atomic E-state index is 0.00468. The number of hydrogen-bond donors (Lipinski definition) is 1. The van der Waals surface area contributed by atoms with Crippen LogP contribution in [0.25, 0.3) is 0 Å². The molecule has 0 saturated carbocycles. The van der Waals surface area contributed by atoms with Gasteiger partial charge < -0.3 is 10.1 Å². The SMILES string of the molecule is COC(=O)c1ccc([N+](=O)[O-])c(Nc2cccc(C(F)(F)F)c2)c1. The van der Waals surface area contributed by atoms with Gasteiger partial charge in [-0.2, -0.15) is 13.2 Å². The van der Waals surface area contributed by atoms with Crippen molar-refractivity contribution in [3.63, 3.8) is 0 Å². The first-order valence-electron chi connectivity index (χ1n) is 6.53. The molecular formula is C15H11F3N2O4. The van der Waals surface area contributed by atoms with Crippen molar-refractivity contribution in [2.24, 2.45) is 0 Å². The summed E-state index contributed by atoms with van der Waals surface area (Å²) in [5.74, 6) is -0.725. The Hall–Kier alpha value is -3.10. The molecule has 0 aliphatic heterocycles. The van der Waals surface area contributed by atoms with Gasteiger partial charge in [0.05, 0.1) is 23.2 Å². The van der Waals surface area contributed by atoms with Gasteiger partial charge in [-0.25, -0.2) is 4.79 Å². The Morgan fingerprint density at radius 3 is 2.50 bits per heavy atom. The minimum atomic E-state index is -4.54. The normalized spacial score (nSPS) is 11.0. The van der Waals surface area contributed by atoms with Gasteiger partial charge in [-0.15, -0.1) is 0 Å². The lowest BCUT2D eigenvalue weighted by molar-refractivity contribution is -0.383. The van der Waals surface area contributed by atoms with Crippen molar-refractivity contribution in [2.75, 3.05) is 12.4 Å². The summed E-state index contributed by atoms with van der Waals surface area (Å²) in [4.78, 5) is 21.9. The molecule has 0 aliphatic rings. The van der Waals surface area contributed by atoms with Gasteiger partial charge in [0.1, 0.15) is 5.69 Å². The van der Waals surface area contributed by atoms with E-state index in [9.17, 15) is 28.1 Å². The molecule has 0 atom stereocenters. The Morgan fingerprint density at radius 1 is 1.21 bits per heavy atom. The van der Waals surface area contributed by atoms with E-state index in [1.807, 2.05) is 0 Å². The summed E-state index contributed by atoms with van der Waals surface area (Å²) in [6.07, 6.45) is -4.54. The minimum Gasteiger partial charge on any atom is -0.465 e. The number of anilines is 2. The Kier molecular flexibility index (Phi) is 4.72. The fourth-order valence-electron chi connectivity index (χ4n) is 1.97. The molecule has 2 aromatic carbocycles. The van der Waals surface area contributed by atoms with E-state index in [-0.39, 0.29) is 22.6 Å². The monoisotopic (exact) mass is 340 g/mol. The van der Waals surface area contributed by atoms with Gasteiger partial charge in [0.25, 0.3) is 5.69 Å². The van der Waals surface area contributed by atoms with Crippen LogP contribution in [0.1, 0.15) is 15.9 Å². The molecule has 2 rings (SSSR count). The van der Waals surface area contributed by atoms with Gasteiger partial charge >= 0.3 is 12.1 Å². The second-order valence-corrected chi connectivity index (χ2v) is 4.68. The molecule has 0 aromatic heterocycles. The lowest BCUT2D eigenvalue weighted by Gasteiger charge is -2.11. The highest BCUT2D eigenvalue weighted by Crippen LogP contribution is 2.33. The van der Waals surface area contributed by atoms with Crippen LogP contribution in [0.2, 0.25) is 0 Å². The number of alkyl halides is 3. The smallest absolute Gasteiger partial charge is 0.416 e. The van der Waals surface area contributed by atoms with Crippen LogP contribution in [0, 0.1) is 10.1 Å². The molecule has 9 heteroatoms. The standard InChI is InChI=1S/C15H11F3N2O4/c1-24-14(21)9-5-6-13(20(22)23)12(7-9)19-11-4-2-3-10(8-11)15(16,17)18/h2-8,19H,1H3. The van der Waals surface area contributed by atoms with Crippen LogP contribution in [-0.2, 0) is 10.9 Å². The van der Waals surface area contributed by atoms with E-state index in [0.717, 1.165) is 31.4 Å². The fraction of sp³-hybridized carbons (Fsp3) is 0.133. The van der Waals surface area contributed by atoms with Crippen molar-refractivity contribution in [3.8, 4) is 0 Å². The number of methoxy groups -OCH3 is 1. The van der Waals surface area contributed by atoms with Gasteiger partial charge in [-0.1, -0.05) is 6.07 Å². The number of carbonyl (C=O) groups is 1. The quantitative estimate of drug-likeness (QED) is 0.514. The number of rotatable bonds is 4. The van der Waals surface area contributed by atoms with E-state index in [1.165, 1.54) is 18.2 Å². The zero-order valence-corrected chi connectivity index (χ0v) is 12.3. The van der Waals surface area contributed by atoms with Crippen molar-refractivity contribution < 1.29 is 27.6 Å². The van der Waals surface area contributed by atoms with E-state index >= 15 is 0 Å². The first-order valence-corrected chi connectivity index (χ1v) is 6.53. The van der Waals surface area contributed by atoms with E-state index in [1.54, 1.807) is 0 Å². The lowest BCUT2D eigenvalue weighted by atomic mass is 10.1. The summed E-state index contributed by atoms with van der Waals surface area (Å²) in [5, 5.41) is 13.6. The molecule has 0 radical (unpaired) electrons. The lowest BCUT2D eigenvalue weighted by Crippen LogP contribution is -2.06. The van der Waals surface area contributed by atoms with E-state index in [2.05, 4.69) is 10.1 Å². The van der Waals surface area contributed by atoms with E-state index < -0.39 is 22.6 Å². The fourth-order valence-corrected chi connectivity index (χ4v) is 1.97. The maximum absolute atomic E-state index is 12.7. The second-order valence-electron chi connectivity index (χ2n) is 4.68. The van der Waals surface area contributed by atoms with E-state index in [4.69, 9.17) is 0 Å². The summed E-state index contributed by atoms with van der Waals surface area (Å²) < 4.78 is 42.7. The Balaban J connectivity index is 2.44. The predicted molar refractivity (Wildman–Crippen MR) is 79.2 cm³/mol. The molecule has 2 aromatic rings. The summed E-state index contributed by atoms with van der Waals surface area (Å²) in [6.45, 7) is 0. The predicted octanol–water partition coefficient (Wildman–Crippen LogP) is 4.14. The topological polar surface area (TPSA) is 81.5 Å². The van der Waals surface area contributed by atoms with Crippen LogP contribution in [0.4, 0.5) is 30.2 Å². The van der Waals surface area contributed by atoms with Crippen LogP contribution in [0.3, 0.4) is 0 Å². The third-order valence-electron chi connectivity index (χ3n) is 3.08. The number of nitro groups is 1. The van der Waals surface area contributed by atoms with E-state index in [0.29, 0.717) is 0 Å². The molecule has 0 aliphatic carbocycles. The molecule has 126 valence electrons. The van der Waals surface area contributed by atoms with Crippen LogP contribution in [0.15, 0.2) is 42.5 Å². The van der Waals surface area contributed by atoms with Crippen LogP contribution < -0.4 is 5.32 Å². The number of nitro benzene ring substituents is 1.